The van der Waals surface area contributed by atoms with E-state index in [9.17, 15) is 10.1 Å². The molecule has 1 aromatic rings. The lowest BCUT2D eigenvalue weighted by atomic mass is 10.0. The predicted molar refractivity (Wildman–Crippen MR) is 74.3 cm³/mol. The molecule has 2 rings (SSSR count). The van der Waals surface area contributed by atoms with Crippen LogP contribution in [0.3, 0.4) is 0 Å². The third-order valence-corrected chi connectivity index (χ3v) is 3.55. The molecule has 7 heteroatoms. The maximum absolute atomic E-state index is 10.9. The molecule has 1 unspecified atom stereocenters. The first kappa shape index (κ1) is 14.2. The minimum atomic E-state index is -0.480. The van der Waals surface area contributed by atoms with E-state index in [1.165, 1.54) is 25.1 Å². The number of halogens is 1. The van der Waals surface area contributed by atoms with Crippen LogP contribution in [0.5, 0.6) is 5.88 Å². The SMILES string of the molecule is O=[N+]([O-])c1cc(Br)cnc1OCCC1CCCCN1. The standard InChI is InChI=1S/C12H16BrN3O3/c13-9-7-11(16(17)18)12(15-8-9)19-6-4-10-3-1-2-5-14-10/h7-8,10,14H,1-6H2. The van der Waals surface area contributed by atoms with Gasteiger partial charge in [-0.25, -0.2) is 4.98 Å². The van der Waals surface area contributed by atoms with Gasteiger partial charge in [-0.1, -0.05) is 6.42 Å². The van der Waals surface area contributed by atoms with E-state index >= 15 is 0 Å². The Morgan fingerprint density at radius 3 is 3.11 bits per heavy atom. The summed E-state index contributed by atoms with van der Waals surface area (Å²) in [4.78, 5) is 14.4. The van der Waals surface area contributed by atoms with E-state index in [1.54, 1.807) is 0 Å². The number of nitrogens with zero attached hydrogens (tertiary/aromatic N) is 2. The number of rotatable bonds is 5. The molecule has 2 heterocycles. The average molecular weight is 330 g/mol. The van der Waals surface area contributed by atoms with Crippen LogP contribution in [-0.2, 0) is 0 Å². The summed E-state index contributed by atoms with van der Waals surface area (Å²) in [6, 6.07) is 1.85. The normalized spacial score (nSPS) is 19.1. The van der Waals surface area contributed by atoms with Gasteiger partial charge in [-0.05, 0) is 41.7 Å². The van der Waals surface area contributed by atoms with Crippen LogP contribution in [-0.4, -0.2) is 29.1 Å². The summed E-state index contributed by atoms with van der Waals surface area (Å²) in [5.74, 6) is 0.0870. The highest BCUT2D eigenvalue weighted by molar-refractivity contribution is 9.10. The van der Waals surface area contributed by atoms with Gasteiger partial charge >= 0.3 is 5.69 Å². The molecule has 0 aliphatic carbocycles. The summed E-state index contributed by atoms with van der Waals surface area (Å²) in [6.07, 6.45) is 5.93. The molecule has 1 N–H and O–H groups in total. The molecule has 0 radical (unpaired) electrons. The van der Waals surface area contributed by atoms with Gasteiger partial charge in [0.05, 0.1) is 11.5 Å². The molecule has 0 spiro atoms. The average Bonchev–Trinajstić information content (AvgIpc) is 2.41. The third kappa shape index (κ3) is 4.14. The fourth-order valence-corrected chi connectivity index (χ4v) is 2.45. The minimum Gasteiger partial charge on any atom is -0.473 e. The molecule has 1 fully saturated rings. The van der Waals surface area contributed by atoms with Crippen molar-refractivity contribution in [2.24, 2.45) is 0 Å². The van der Waals surface area contributed by atoms with E-state index in [4.69, 9.17) is 4.74 Å². The van der Waals surface area contributed by atoms with Crippen molar-refractivity contribution in [3.05, 3.63) is 26.9 Å². The van der Waals surface area contributed by atoms with E-state index in [0.29, 0.717) is 17.1 Å². The third-order valence-electron chi connectivity index (χ3n) is 3.11. The van der Waals surface area contributed by atoms with Gasteiger partial charge in [0.2, 0.25) is 0 Å². The zero-order valence-corrected chi connectivity index (χ0v) is 12.1. The molecule has 1 saturated heterocycles. The summed E-state index contributed by atoms with van der Waals surface area (Å²) >= 11 is 3.16. The Morgan fingerprint density at radius 2 is 2.42 bits per heavy atom. The van der Waals surface area contributed by atoms with Crippen LogP contribution in [0.15, 0.2) is 16.7 Å². The Balaban J connectivity index is 1.89. The maximum atomic E-state index is 10.9. The first-order valence-electron chi connectivity index (χ1n) is 6.33. The summed E-state index contributed by atoms with van der Waals surface area (Å²) in [7, 11) is 0. The summed E-state index contributed by atoms with van der Waals surface area (Å²) < 4.78 is 6.01. The lowest BCUT2D eigenvalue weighted by Gasteiger charge is -2.23. The van der Waals surface area contributed by atoms with Gasteiger partial charge < -0.3 is 10.1 Å². The molecular weight excluding hydrogens is 314 g/mol. The van der Waals surface area contributed by atoms with Gasteiger partial charge in [0, 0.05) is 22.8 Å². The van der Waals surface area contributed by atoms with Crippen LogP contribution in [0.25, 0.3) is 0 Å². The molecule has 6 nitrogen and oxygen atoms in total. The topological polar surface area (TPSA) is 77.3 Å². The second-order valence-electron chi connectivity index (χ2n) is 4.52. The van der Waals surface area contributed by atoms with Crippen molar-refractivity contribution in [2.45, 2.75) is 31.7 Å². The quantitative estimate of drug-likeness (QED) is 0.663. The molecule has 0 amide bonds. The molecule has 1 aliphatic heterocycles. The predicted octanol–water partition coefficient (Wildman–Crippen LogP) is 2.66. The van der Waals surface area contributed by atoms with Gasteiger partial charge in [-0.15, -0.1) is 0 Å². The molecular formula is C12H16BrN3O3. The molecule has 1 atom stereocenters. The van der Waals surface area contributed by atoms with Crippen LogP contribution in [0.2, 0.25) is 0 Å². The van der Waals surface area contributed by atoms with E-state index in [-0.39, 0.29) is 11.6 Å². The highest BCUT2D eigenvalue weighted by Gasteiger charge is 2.18. The smallest absolute Gasteiger partial charge is 0.332 e. The van der Waals surface area contributed by atoms with Gasteiger partial charge in [-0.2, -0.15) is 0 Å². The Bertz CT molecular complexity index is 450. The zero-order valence-electron chi connectivity index (χ0n) is 10.5. The Kier molecular flexibility index (Phi) is 5.09. The van der Waals surface area contributed by atoms with E-state index in [2.05, 4.69) is 26.2 Å². The first-order chi connectivity index (χ1) is 9.16. The van der Waals surface area contributed by atoms with Crippen LogP contribution in [0, 0.1) is 10.1 Å². The number of nitrogens with one attached hydrogen (secondary N) is 1. The largest absolute Gasteiger partial charge is 0.473 e. The van der Waals surface area contributed by atoms with E-state index < -0.39 is 4.92 Å². The highest BCUT2D eigenvalue weighted by Crippen LogP contribution is 2.27. The number of hydrogen-bond acceptors (Lipinski definition) is 5. The molecule has 1 aromatic heterocycles. The van der Waals surface area contributed by atoms with Crippen molar-refractivity contribution < 1.29 is 9.66 Å². The first-order valence-corrected chi connectivity index (χ1v) is 7.12. The molecule has 19 heavy (non-hydrogen) atoms. The minimum absolute atomic E-state index is 0.0870. The zero-order chi connectivity index (χ0) is 13.7. The number of pyridine rings is 1. The second-order valence-corrected chi connectivity index (χ2v) is 5.43. The maximum Gasteiger partial charge on any atom is 0.332 e. The van der Waals surface area contributed by atoms with Crippen LogP contribution < -0.4 is 10.1 Å². The van der Waals surface area contributed by atoms with E-state index in [1.807, 2.05) is 0 Å². The number of hydrogen-bond donors (Lipinski definition) is 1. The van der Waals surface area contributed by atoms with Gasteiger partial charge in [-0.3, -0.25) is 10.1 Å². The summed E-state index contributed by atoms with van der Waals surface area (Å²) in [5, 5.41) is 14.3. The number of nitro groups is 1. The molecule has 0 aromatic carbocycles. The van der Waals surface area contributed by atoms with Crippen LogP contribution in [0.1, 0.15) is 25.7 Å². The van der Waals surface area contributed by atoms with Crippen molar-refractivity contribution in [3.8, 4) is 5.88 Å². The van der Waals surface area contributed by atoms with Crippen LogP contribution in [0.4, 0.5) is 5.69 Å². The monoisotopic (exact) mass is 329 g/mol. The fourth-order valence-electron chi connectivity index (χ4n) is 2.13. The fraction of sp³-hybridized carbons (Fsp3) is 0.583. The molecule has 104 valence electrons. The van der Waals surface area contributed by atoms with Gasteiger partial charge in [0.1, 0.15) is 0 Å². The Labute approximate surface area is 119 Å². The van der Waals surface area contributed by atoms with Crippen LogP contribution >= 0.6 is 15.9 Å². The number of aromatic nitrogens is 1. The van der Waals surface area contributed by atoms with E-state index in [0.717, 1.165) is 19.4 Å². The Hall–Kier alpha value is -1.21. The lowest BCUT2D eigenvalue weighted by molar-refractivity contribution is -0.386. The Morgan fingerprint density at radius 1 is 1.58 bits per heavy atom. The van der Waals surface area contributed by atoms with Crippen molar-refractivity contribution in [3.63, 3.8) is 0 Å². The lowest BCUT2D eigenvalue weighted by Crippen LogP contribution is -2.35. The van der Waals surface area contributed by atoms with Crippen molar-refractivity contribution in [1.82, 2.24) is 10.3 Å². The highest BCUT2D eigenvalue weighted by atomic mass is 79.9. The summed E-state index contributed by atoms with van der Waals surface area (Å²) in [5.41, 5.74) is -0.106. The molecule has 0 bridgehead atoms. The number of piperidine rings is 1. The van der Waals surface area contributed by atoms with Crippen molar-refractivity contribution in [2.75, 3.05) is 13.2 Å². The van der Waals surface area contributed by atoms with Crippen molar-refractivity contribution >= 4 is 21.6 Å². The van der Waals surface area contributed by atoms with Crippen molar-refractivity contribution in [1.29, 1.82) is 0 Å². The second kappa shape index (κ2) is 6.81. The van der Waals surface area contributed by atoms with Gasteiger partial charge in [0.15, 0.2) is 0 Å². The van der Waals surface area contributed by atoms with Gasteiger partial charge in [0.25, 0.3) is 5.88 Å². The molecule has 0 saturated carbocycles. The molecule has 1 aliphatic rings. The summed E-state index contributed by atoms with van der Waals surface area (Å²) in [6.45, 7) is 1.48. The number of ether oxygens (including phenoxy) is 1.